The molecular weight excluding hydrogens is 356 g/mol. The summed E-state index contributed by atoms with van der Waals surface area (Å²) in [6, 6.07) is 11.4. The zero-order valence-electron chi connectivity index (χ0n) is 15.9. The fraction of sp³-hybridized carbons (Fsp3) is 0.136. The molecule has 0 atom stereocenters. The fourth-order valence-electron chi connectivity index (χ4n) is 2.93. The van der Waals surface area contributed by atoms with E-state index in [1.54, 1.807) is 29.4 Å². The van der Waals surface area contributed by atoms with Crippen LogP contribution in [0.25, 0.3) is 11.3 Å². The number of carbonyl (C=O) groups is 2. The molecule has 0 N–H and O–H groups in total. The molecule has 0 saturated heterocycles. The van der Waals surface area contributed by atoms with Gasteiger partial charge in [-0.1, -0.05) is 24.3 Å². The summed E-state index contributed by atoms with van der Waals surface area (Å²) in [5.74, 6) is -1.26. The molecule has 1 aromatic heterocycles. The maximum Gasteiger partial charge on any atom is 0.355 e. The van der Waals surface area contributed by atoms with Crippen LogP contribution in [0.2, 0.25) is 0 Å². The van der Waals surface area contributed by atoms with Gasteiger partial charge in [-0.15, -0.1) is 0 Å². The number of esters is 2. The molecule has 0 radical (unpaired) electrons. The highest BCUT2D eigenvalue weighted by atomic mass is 16.5. The number of hydrogen-bond acceptors (Lipinski definition) is 6. The van der Waals surface area contributed by atoms with Gasteiger partial charge in [0, 0.05) is 23.6 Å². The second-order valence-corrected chi connectivity index (χ2v) is 6.03. The van der Waals surface area contributed by atoms with Gasteiger partial charge in [-0.05, 0) is 42.8 Å². The van der Waals surface area contributed by atoms with Crippen molar-refractivity contribution in [3.63, 3.8) is 0 Å². The SMILES string of the molecule is COC(=O)C1=C(C(=O)OC)N(c2ccc(-c3ncccc3C)cc2)C=CC=C1. The van der Waals surface area contributed by atoms with Crippen molar-refractivity contribution >= 4 is 17.6 Å². The maximum absolute atomic E-state index is 12.5. The Hall–Kier alpha value is -3.67. The van der Waals surface area contributed by atoms with Gasteiger partial charge in [0.15, 0.2) is 0 Å². The van der Waals surface area contributed by atoms with Crippen LogP contribution in [0.4, 0.5) is 5.69 Å². The summed E-state index contributed by atoms with van der Waals surface area (Å²) >= 11 is 0. The number of anilines is 1. The molecule has 2 aromatic rings. The van der Waals surface area contributed by atoms with Gasteiger partial charge in [0.05, 0.1) is 25.5 Å². The van der Waals surface area contributed by atoms with E-state index in [0.29, 0.717) is 5.69 Å². The number of carbonyl (C=O) groups excluding carboxylic acids is 2. The first kappa shape index (κ1) is 19.1. The molecule has 0 fully saturated rings. The molecule has 0 aliphatic carbocycles. The highest BCUT2D eigenvalue weighted by molar-refractivity contribution is 6.05. The zero-order valence-corrected chi connectivity index (χ0v) is 15.9. The number of methoxy groups -OCH3 is 2. The van der Waals surface area contributed by atoms with E-state index >= 15 is 0 Å². The molecule has 0 amide bonds. The van der Waals surface area contributed by atoms with Crippen molar-refractivity contribution in [2.45, 2.75) is 6.92 Å². The van der Waals surface area contributed by atoms with Crippen LogP contribution in [0.5, 0.6) is 0 Å². The summed E-state index contributed by atoms with van der Waals surface area (Å²) < 4.78 is 9.73. The van der Waals surface area contributed by atoms with Crippen molar-refractivity contribution in [2.24, 2.45) is 0 Å². The molecule has 2 heterocycles. The minimum Gasteiger partial charge on any atom is -0.465 e. The first-order valence-electron chi connectivity index (χ1n) is 8.64. The van der Waals surface area contributed by atoms with Gasteiger partial charge in [0.1, 0.15) is 5.70 Å². The summed E-state index contributed by atoms with van der Waals surface area (Å²) in [5, 5.41) is 0. The first-order valence-corrected chi connectivity index (χ1v) is 8.64. The number of ether oxygens (including phenoxy) is 2. The predicted molar refractivity (Wildman–Crippen MR) is 106 cm³/mol. The van der Waals surface area contributed by atoms with E-state index in [4.69, 9.17) is 9.47 Å². The molecule has 1 aliphatic rings. The van der Waals surface area contributed by atoms with Gasteiger partial charge in [-0.25, -0.2) is 9.59 Å². The van der Waals surface area contributed by atoms with E-state index < -0.39 is 11.9 Å². The lowest BCUT2D eigenvalue weighted by Gasteiger charge is -2.23. The molecule has 0 spiro atoms. The van der Waals surface area contributed by atoms with Gasteiger partial charge in [0.25, 0.3) is 0 Å². The Morgan fingerprint density at radius 1 is 0.964 bits per heavy atom. The third-order valence-corrected chi connectivity index (χ3v) is 4.32. The second-order valence-electron chi connectivity index (χ2n) is 6.03. The third kappa shape index (κ3) is 3.71. The van der Waals surface area contributed by atoms with E-state index in [1.165, 1.54) is 20.3 Å². The Kier molecular flexibility index (Phi) is 5.69. The molecule has 0 unspecified atom stereocenters. The standard InChI is InChI=1S/C22H20N2O4/c1-15-7-6-13-23-19(15)16-9-11-17(12-10-16)24-14-5-4-8-18(21(25)27-2)20(24)22(26)28-3/h4-14H,1-3H3. The number of aryl methyl sites for hydroxylation is 1. The topological polar surface area (TPSA) is 68.7 Å². The summed E-state index contributed by atoms with van der Waals surface area (Å²) in [7, 11) is 2.54. The van der Waals surface area contributed by atoms with E-state index in [0.717, 1.165) is 16.8 Å². The summed E-state index contributed by atoms with van der Waals surface area (Å²) in [6.07, 6.45) is 8.37. The van der Waals surface area contributed by atoms with Crippen LogP contribution in [0.1, 0.15) is 5.56 Å². The van der Waals surface area contributed by atoms with Crippen molar-refractivity contribution < 1.29 is 19.1 Å². The van der Waals surface area contributed by atoms with Gasteiger partial charge in [0.2, 0.25) is 0 Å². The van der Waals surface area contributed by atoms with Crippen molar-refractivity contribution in [2.75, 3.05) is 19.1 Å². The van der Waals surface area contributed by atoms with Gasteiger partial charge < -0.3 is 14.4 Å². The van der Waals surface area contributed by atoms with Gasteiger partial charge >= 0.3 is 11.9 Å². The Morgan fingerprint density at radius 3 is 2.32 bits per heavy atom. The number of nitrogens with zero attached hydrogens (tertiary/aromatic N) is 2. The quantitative estimate of drug-likeness (QED) is 0.760. The van der Waals surface area contributed by atoms with Crippen LogP contribution < -0.4 is 4.90 Å². The lowest BCUT2D eigenvalue weighted by Crippen LogP contribution is -2.26. The van der Waals surface area contributed by atoms with E-state index in [9.17, 15) is 9.59 Å². The summed E-state index contributed by atoms with van der Waals surface area (Å²) in [5.41, 5.74) is 3.80. The van der Waals surface area contributed by atoms with Crippen LogP contribution in [0.3, 0.4) is 0 Å². The maximum atomic E-state index is 12.5. The molecule has 1 aliphatic heterocycles. The highest BCUT2D eigenvalue weighted by Crippen LogP contribution is 2.29. The molecule has 6 heteroatoms. The van der Waals surface area contributed by atoms with Crippen LogP contribution in [-0.4, -0.2) is 31.1 Å². The molecule has 1 aromatic carbocycles. The number of pyridine rings is 1. The molecular formula is C22H20N2O4. The monoisotopic (exact) mass is 376 g/mol. The number of aromatic nitrogens is 1. The Bertz CT molecular complexity index is 988. The highest BCUT2D eigenvalue weighted by Gasteiger charge is 2.27. The molecule has 0 bridgehead atoms. The van der Waals surface area contributed by atoms with Crippen LogP contribution in [-0.2, 0) is 19.1 Å². The average molecular weight is 376 g/mol. The average Bonchev–Trinajstić information content (AvgIpc) is 2.96. The van der Waals surface area contributed by atoms with E-state index in [1.807, 2.05) is 43.3 Å². The Labute approximate surface area is 163 Å². The number of rotatable bonds is 4. The zero-order chi connectivity index (χ0) is 20.1. The smallest absolute Gasteiger partial charge is 0.355 e. The fourth-order valence-corrected chi connectivity index (χ4v) is 2.93. The predicted octanol–water partition coefficient (Wildman–Crippen LogP) is 3.55. The van der Waals surface area contributed by atoms with Crippen LogP contribution >= 0.6 is 0 Å². The Balaban J connectivity index is 2.06. The van der Waals surface area contributed by atoms with Crippen molar-refractivity contribution in [1.29, 1.82) is 0 Å². The minimum atomic E-state index is -0.638. The largest absolute Gasteiger partial charge is 0.465 e. The van der Waals surface area contributed by atoms with Gasteiger partial charge in [-0.2, -0.15) is 0 Å². The van der Waals surface area contributed by atoms with Crippen LogP contribution in [0.15, 0.2) is 78.3 Å². The normalized spacial score (nSPS) is 13.3. The molecule has 6 nitrogen and oxygen atoms in total. The summed E-state index contributed by atoms with van der Waals surface area (Å²) in [4.78, 5) is 30.7. The first-order chi connectivity index (χ1) is 13.6. The number of benzene rings is 1. The van der Waals surface area contributed by atoms with E-state index in [2.05, 4.69) is 4.98 Å². The molecule has 3 rings (SSSR count). The van der Waals surface area contributed by atoms with Crippen LogP contribution in [0, 0.1) is 6.92 Å². The number of allylic oxidation sites excluding steroid dienone is 2. The van der Waals surface area contributed by atoms with Crippen molar-refractivity contribution in [3.05, 3.63) is 83.9 Å². The summed E-state index contributed by atoms with van der Waals surface area (Å²) in [6.45, 7) is 2.00. The lowest BCUT2D eigenvalue weighted by atomic mass is 10.1. The second kappa shape index (κ2) is 8.35. The van der Waals surface area contributed by atoms with E-state index in [-0.39, 0.29) is 11.3 Å². The lowest BCUT2D eigenvalue weighted by molar-refractivity contribution is -0.139. The minimum absolute atomic E-state index is 0.0844. The molecule has 0 saturated carbocycles. The molecule has 28 heavy (non-hydrogen) atoms. The van der Waals surface area contributed by atoms with Crippen molar-refractivity contribution in [1.82, 2.24) is 4.98 Å². The van der Waals surface area contributed by atoms with Crippen molar-refractivity contribution in [3.8, 4) is 11.3 Å². The number of hydrogen-bond donors (Lipinski definition) is 0. The Morgan fingerprint density at radius 2 is 1.68 bits per heavy atom. The third-order valence-electron chi connectivity index (χ3n) is 4.32. The van der Waals surface area contributed by atoms with Gasteiger partial charge in [-0.3, -0.25) is 4.98 Å². The molecule has 142 valence electrons.